The molecule has 4 nitrogen and oxygen atoms in total. The van der Waals surface area contributed by atoms with Crippen LogP contribution < -0.4 is 5.73 Å². The van der Waals surface area contributed by atoms with Crippen LogP contribution in [-0.4, -0.2) is 30.2 Å². The highest BCUT2D eigenvalue weighted by molar-refractivity contribution is 6.30. The minimum absolute atomic E-state index is 0.256. The summed E-state index contributed by atoms with van der Waals surface area (Å²) in [6, 6.07) is 7.06. The van der Waals surface area contributed by atoms with Crippen LogP contribution in [0.3, 0.4) is 0 Å². The summed E-state index contributed by atoms with van der Waals surface area (Å²) in [5.74, 6) is 0. The van der Waals surface area contributed by atoms with Crippen molar-refractivity contribution in [1.82, 2.24) is 4.90 Å². The summed E-state index contributed by atoms with van der Waals surface area (Å²) in [5.41, 5.74) is 6.13. The molecule has 0 heterocycles. The Bertz CT molecular complexity index is 443. The van der Waals surface area contributed by atoms with Crippen LogP contribution in [0.25, 0.3) is 0 Å². The Morgan fingerprint density at radius 3 is 2.58 bits per heavy atom. The molecule has 19 heavy (non-hydrogen) atoms. The fraction of sp³-hybridized carbons (Fsp3) is 0.500. The first kappa shape index (κ1) is 15.8. The molecular weight excluding hydrogens is 264 g/mol. The highest BCUT2D eigenvalue weighted by Gasteiger charge is 2.25. The highest BCUT2D eigenvalue weighted by atomic mass is 35.5. The van der Waals surface area contributed by atoms with Crippen molar-refractivity contribution in [2.75, 3.05) is 13.6 Å². The van der Waals surface area contributed by atoms with Gasteiger partial charge in [-0.3, -0.25) is 0 Å². The Kier molecular flexibility index (Phi) is 5.20. The molecule has 5 heteroatoms. The van der Waals surface area contributed by atoms with Crippen molar-refractivity contribution in [3.63, 3.8) is 0 Å². The SMILES string of the molecule is CN(C(=O)OC(C)(C)C)C(CN)c1cccc(Cl)c1. The summed E-state index contributed by atoms with van der Waals surface area (Å²) in [6.07, 6.45) is -0.400. The lowest BCUT2D eigenvalue weighted by Crippen LogP contribution is -2.39. The number of hydrogen-bond donors (Lipinski definition) is 1. The number of carbonyl (C=O) groups is 1. The minimum atomic E-state index is -0.529. The average molecular weight is 285 g/mol. The molecule has 0 aromatic heterocycles. The molecule has 0 aliphatic heterocycles. The predicted octanol–water partition coefficient (Wildman–Crippen LogP) is 3.21. The maximum absolute atomic E-state index is 12.0. The van der Waals surface area contributed by atoms with Crippen LogP contribution in [0.15, 0.2) is 24.3 Å². The number of amides is 1. The minimum Gasteiger partial charge on any atom is -0.444 e. The molecule has 0 bridgehead atoms. The van der Waals surface area contributed by atoms with E-state index < -0.39 is 11.7 Å². The van der Waals surface area contributed by atoms with E-state index in [1.54, 1.807) is 19.2 Å². The zero-order valence-electron chi connectivity index (χ0n) is 11.8. The van der Waals surface area contributed by atoms with Crippen LogP contribution in [0.1, 0.15) is 32.4 Å². The number of nitrogens with zero attached hydrogens (tertiary/aromatic N) is 1. The van der Waals surface area contributed by atoms with E-state index in [2.05, 4.69) is 0 Å². The summed E-state index contributed by atoms with van der Waals surface area (Å²) >= 11 is 5.96. The number of halogens is 1. The fourth-order valence-electron chi connectivity index (χ4n) is 1.69. The van der Waals surface area contributed by atoms with Gasteiger partial charge in [-0.15, -0.1) is 0 Å². The van der Waals surface area contributed by atoms with Crippen LogP contribution in [0.2, 0.25) is 5.02 Å². The predicted molar refractivity (Wildman–Crippen MR) is 77.2 cm³/mol. The van der Waals surface area contributed by atoms with Crippen LogP contribution in [0, 0.1) is 0 Å². The van der Waals surface area contributed by atoms with Gasteiger partial charge in [-0.05, 0) is 38.5 Å². The molecule has 0 aliphatic carbocycles. The van der Waals surface area contributed by atoms with E-state index in [-0.39, 0.29) is 6.04 Å². The van der Waals surface area contributed by atoms with Crippen LogP contribution >= 0.6 is 11.6 Å². The Hall–Kier alpha value is -1.26. The zero-order valence-corrected chi connectivity index (χ0v) is 12.6. The largest absolute Gasteiger partial charge is 0.444 e. The third-order valence-corrected chi connectivity index (χ3v) is 2.84. The van der Waals surface area contributed by atoms with E-state index in [1.807, 2.05) is 32.9 Å². The lowest BCUT2D eigenvalue weighted by Gasteiger charge is -2.30. The molecule has 1 amide bonds. The second-order valence-corrected chi connectivity index (χ2v) is 5.83. The molecule has 0 fully saturated rings. The summed E-state index contributed by atoms with van der Waals surface area (Å²) in [4.78, 5) is 13.5. The Morgan fingerprint density at radius 2 is 2.11 bits per heavy atom. The topological polar surface area (TPSA) is 55.6 Å². The summed E-state index contributed by atoms with van der Waals surface area (Å²) in [6.45, 7) is 5.79. The van der Waals surface area contributed by atoms with Crippen LogP contribution in [0.4, 0.5) is 4.79 Å². The summed E-state index contributed by atoms with van der Waals surface area (Å²) < 4.78 is 5.33. The molecule has 0 aliphatic rings. The van der Waals surface area contributed by atoms with E-state index in [0.29, 0.717) is 11.6 Å². The average Bonchev–Trinajstić information content (AvgIpc) is 2.27. The van der Waals surface area contributed by atoms with Gasteiger partial charge in [0, 0.05) is 18.6 Å². The highest BCUT2D eigenvalue weighted by Crippen LogP contribution is 2.23. The number of nitrogens with two attached hydrogens (primary N) is 1. The molecule has 1 aromatic carbocycles. The number of ether oxygens (including phenoxy) is 1. The smallest absolute Gasteiger partial charge is 0.410 e. The van der Waals surface area contributed by atoms with Crippen molar-refractivity contribution < 1.29 is 9.53 Å². The molecule has 1 rings (SSSR count). The molecule has 1 unspecified atom stereocenters. The van der Waals surface area contributed by atoms with Crippen molar-refractivity contribution in [1.29, 1.82) is 0 Å². The number of hydrogen-bond acceptors (Lipinski definition) is 3. The van der Waals surface area contributed by atoms with Gasteiger partial charge < -0.3 is 15.4 Å². The van der Waals surface area contributed by atoms with Crippen LogP contribution in [-0.2, 0) is 4.74 Å². The third kappa shape index (κ3) is 4.73. The van der Waals surface area contributed by atoms with Crippen molar-refractivity contribution in [3.8, 4) is 0 Å². The molecule has 106 valence electrons. The standard InChI is InChI=1S/C14H21ClN2O2/c1-14(2,3)19-13(18)17(4)12(9-16)10-6-5-7-11(15)8-10/h5-8,12H,9,16H2,1-4H3. The molecule has 1 atom stereocenters. The first-order valence-electron chi connectivity index (χ1n) is 6.16. The van der Waals surface area contributed by atoms with Gasteiger partial charge in [0.05, 0.1) is 6.04 Å². The third-order valence-electron chi connectivity index (χ3n) is 2.61. The van der Waals surface area contributed by atoms with E-state index in [0.717, 1.165) is 5.56 Å². The monoisotopic (exact) mass is 284 g/mol. The normalized spacial score (nSPS) is 12.9. The molecular formula is C14H21ClN2O2. The lowest BCUT2D eigenvalue weighted by molar-refractivity contribution is 0.0225. The number of benzene rings is 1. The molecule has 0 saturated heterocycles. The van der Waals surface area contributed by atoms with E-state index >= 15 is 0 Å². The Morgan fingerprint density at radius 1 is 1.47 bits per heavy atom. The molecule has 1 aromatic rings. The van der Waals surface area contributed by atoms with Gasteiger partial charge in [-0.2, -0.15) is 0 Å². The molecule has 0 radical (unpaired) electrons. The Balaban J connectivity index is 2.88. The van der Waals surface area contributed by atoms with Gasteiger partial charge in [0.15, 0.2) is 0 Å². The van der Waals surface area contributed by atoms with Crippen molar-refractivity contribution in [2.24, 2.45) is 5.73 Å². The van der Waals surface area contributed by atoms with Gasteiger partial charge >= 0.3 is 6.09 Å². The quantitative estimate of drug-likeness (QED) is 0.927. The van der Waals surface area contributed by atoms with Crippen molar-refractivity contribution in [3.05, 3.63) is 34.9 Å². The van der Waals surface area contributed by atoms with E-state index in [4.69, 9.17) is 22.1 Å². The Labute approximate surface area is 119 Å². The summed E-state index contributed by atoms with van der Waals surface area (Å²) in [7, 11) is 1.67. The zero-order chi connectivity index (χ0) is 14.6. The van der Waals surface area contributed by atoms with Gasteiger partial charge in [0.2, 0.25) is 0 Å². The van der Waals surface area contributed by atoms with Gasteiger partial charge in [-0.25, -0.2) is 4.79 Å². The summed E-state index contributed by atoms with van der Waals surface area (Å²) in [5, 5.41) is 0.619. The van der Waals surface area contributed by atoms with E-state index in [1.165, 1.54) is 4.90 Å². The van der Waals surface area contributed by atoms with Crippen molar-refractivity contribution in [2.45, 2.75) is 32.4 Å². The first-order chi connectivity index (χ1) is 8.74. The molecule has 0 saturated carbocycles. The van der Waals surface area contributed by atoms with Gasteiger partial charge in [0.1, 0.15) is 5.60 Å². The van der Waals surface area contributed by atoms with E-state index in [9.17, 15) is 4.79 Å². The second kappa shape index (κ2) is 6.26. The first-order valence-corrected chi connectivity index (χ1v) is 6.53. The fourth-order valence-corrected chi connectivity index (χ4v) is 1.89. The van der Waals surface area contributed by atoms with Gasteiger partial charge in [0.25, 0.3) is 0 Å². The van der Waals surface area contributed by atoms with Crippen molar-refractivity contribution >= 4 is 17.7 Å². The maximum atomic E-state index is 12.0. The molecule has 2 N–H and O–H groups in total. The number of carbonyl (C=O) groups excluding carboxylic acids is 1. The second-order valence-electron chi connectivity index (χ2n) is 5.40. The van der Waals surface area contributed by atoms with Crippen LogP contribution in [0.5, 0.6) is 0 Å². The number of rotatable bonds is 3. The lowest BCUT2D eigenvalue weighted by atomic mass is 10.1. The molecule has 0 spiro atoms. The van der Waals surface area contributed by atoms with Gasteiger partial charge in [-0.1, -0.05) is 23.7 Å². The number of likely N-dealkylation sites (N-methyl/N-ethyl adjacent to an activating group) is 1. The maximum Gasteiger partial charge on any atom is 0.410 e.